The van der Waals surface area contributed by atoms with Crippen LogP contribution >= 0.6 is 0 Å². The number of ether oxygens (including phenoxy) is 1. The van der Waals surface area contributed by atoms with Gasteiger partial charge >= 0.3 is 6.03 Å². The number of carbonyl (C=O) groups is 1. The normalized spacial score (nSPS) is 23.9. The van der Waals surface area contributed by atoms with Crippen molar-refractivity contribution in [3.63, 3.8) is 0 Å². The largest absolute Gasteiger partial charge is 0.374 e. The van der Waals surface area contributed by atoms with E-state index >= 15 is 0 Å². The Kier molecular flexibility index (Phi) is 7.63. The third-order valence-corrected chi connectivity index (χ3v) is 4.94. The number of nitrogens with zero attached hydrogens (tertiary/aromatic N) is 2. The van der Waals surface area contributed by atoms with Crippen molar-refractivity contribution in [2.45, 2.75) is 65.0 Å². The number of rotatable bonds is 6. The molecule has 23 heavy (non-hydrogen) atoms. The topological polar surface area (TPSA) is 44.8 Å². The van der Waals surface area contributed by atoms with Gasteiger partial charge in [0.15, 0.2) is 0 Å². The SMILES string of the molecule is CCN(C(=O)NCC1CN(CC(C)C)CCO1)C1CCCCC1. The summed E-state index contributed by atoms with van der Waals surface area (Å²) in [6.07, 6.45) is 6.26. The highest BCUT2D eigenvalue weighted by Crippen LogP contribution is 2.22. The van der Waals surface area contributed by atoms with E-state index in [2.05, 4.69) is 31.0 Å². The predicted octanol–water partition coefficient (Wildman–Crippen LogP) is 2.71. The lowest BCUT2D eigenvalue weighted by molar-refractivity contribution is -0.0295. The number of morpholine rings is 1. The maximum atomic E-state index is 12.5. The molecule has 0 aromatic rings. The highest BCUT2D eigenvalue weighted by Gasteiger charge is 2.26. The van der Waals surface area contributed by atoms with Crippen LogP contribution in [0.1, 0.15) is 52.9 Å². The zero-order chi connectivity index (χ0) is 16.7. The first-order valence-electron chi connectivity index (χ1n) is 9.48. The molecule has 0 radical (unpaired) electrons. The van der Waals surface area contributed by atoms with Gasteiger partial charge in [-0.2, -0.15) is 0 Å². The van der Waals surface area contributed by atoms with Crippen molar-refractivity contribution in [3.8, 4) is 0 Å². The molecule has 1 heterocycles. The molecule has 1 N–H and O–H groups in total. The molecule has 1 saturated carbocycles. The van der Waals surface area contributed by atoms with Gasteiger partial charge in [0, 0.05) is 38.8 Å². The predicted molar refractivity (Wildman–Crippen MR) is 93.7 cm³/mol. The molecule has 0 bridgehead atoms. The van der Waals surface area contributed by atoms with E-state index in [9.17, 15) is 4.79 Å². The fourth-order valence-electron chi connectivity index (χ4n) is 3.85. The molecule has 1 aliphatic heterocycles. The first-order chi connectivity index (χ1) is 11.1. The van der Waals surface area contributed by atoms with Crippen molar-refractivity contribution >= 4 is 6.03 Å². The van der Waals surface area contributed by atoms with E-state index in [0.717, 1.165) is 45.6 Å². The second kappa shape index (κ2) is 9.48. The number of amides is 2. The Hall–Kier alpha value is -0.810. The minimum atomic E-state index is 0.0870. The fourth-order valence-corrected chi connectivity index (χ4v) is 3.85. The number of carbonyl (C=O) groups excluding carboxylic acids is 1. The monoisotopic (exact) mass is 325 g/mol. The van der Waals surface area contributed by atoms with Gasteiger partial charge in [-0.1, -0.05) is 33.1 Å². The zero-order valence-corrected chi connectivity index (χ0v) is 15.2. The van der Waals surface area contributed by atoms with Crippen LogP contribution in [0.4, 0.5) is 4.79 Å². The van der Waals surface area contributed by atoms with Crippen LogP contribution in [-0.4, -0.2) is 67.3 Å². The molecule has 5 heteroatoms. The molecule has 0 spiro atoms. The van der Waals surface area contributed by atoms with E-state index < -0.39 is 0 Å². The zero-order valence-electron chi connectivity index (χ0n) is 15.2. The van der Waals surface area contributed by atoms with Crippen molar-refractivity contribution in [2.75, 3.05) is 39.3 Å². The second-order valence-corrected chi connectivity index (χ2v) is 7.41. The van der Waals surface area contributed by atoms with Crippen LogP contribution in [-0.2, 0) is 4.74 Å². The molecule has 2 amide bonds. The van der Waals surface area contributed by atoms with Crippen molar-refractivity contribution in [1.82, 2.24) is 15.1 Å². The average molecular weight is 325 g/mol. The van der Waals surface area contributed by atoms with Crippen LogP contribution < -0.4 is 5.32 Å². The highest BCUT2D eigenvalue weighted by molar-refractivity contribution is 5.74. The minimum Gasteiger partial charge on any atom is -0.374 e. The van der Waals surface area contributed by atoms with Crippen LogP contribution in [0.2, 0.25) is 0 Å². The van der Waals surface area contributed by atoms with Crippen LogP contribution in [0.5, 0.6) is 0 Å². The molecule has 1 aliphatic carbocycles. The first kappa shape index (κ1) is 18.5. The lowest BCUT2D eigenvalue weighted by Gasteiger charge is -2.36. The summed E-state index contributed by atoms with van der Waals surface area (Å²) in [4.78, 5) is 17.0. The molecule has 1 saturated heterocycles. The van der Waals surface area contributed by atoms with Crippen LogP contribution in [0.15, 0.2) is 0 Å². The summed E-state index contributed by atoms with van der Waals surface area (Å²) in [6.45, 7) is 11.8. The maximum absolute atomic E-state index is 12.5. The molecule has 5 nitrogen and oxygen atoms in total. The van der Waals surface area contributed by atoms with Gasteiger partial charge in [-0.05, 0) is 25.7 Å². The van der Waals surface area contributed by atoms with Gasteiger partial charge in [0.1, 0.15) is 0 Å². The third kappa shape index (κ3) is 5.96. The molecular weight excluding hydrogens is 290 g/mol. The van der Waals surface area contributed by atoms with Gasteiger partial charge in [-0.25, -0.2) is 4.79 Å². The number of hydrogen-bond acceptors (Lipinski definition) is 3. The summed E-state index contributed by atoms with van der Waals surface area (Å²) < 4.78 is 5.82. The summed E-state index contributed by atoms with van der Waals surface area (Å²) >= 11 is 0. The molecule has 1 atom stereocenters. The average Bonchev–Trinajstić information content (AvgIpc) is 2.54. The van der Waals surface area contributed by atoms with Crippen LogP contribution in [0.25, 0.3) is 0 Å². The van der Waals surface area contributed by atoms with Gasteiger partial charge in [-0.15, -0.1) is 0 Å². The Labute approximate surface area is 141 Å². The summed E-state index contributed by atoms with van der Waals surface area (Å²) in [6, 6.07) is 0.516. The fraction of sp³-hybridized carbons (Fsp3) is 0.944. The quantitative estimate of drug-likeness (QED) is 0.817. The number of hydrogen-bond donors (Lipinski definition) is 1. The van der Waals surface area contributed by atoms with E-state index in [0.29, 0.717) is 18.5 Å². The summed E-state index contributed by atoms with van der Waals surface area (Å²) in [7, 11) is 0. The van der Waals surface area contributed by atoms with Crippen molar-refractivity contribution in [2.24, 2.45) is 5.92 Å². The Morgan fingerprint density at radius 2 is 2.04 bits per heavy atom. The van der Waals surface area contributed by atoms with E-state index in [4.69, 9.17) is 4.74 Å². The lowest BCUT2D eigenvalue weighted by atomic mass is 9.94. The molecule has 2 aliphatic rings. The molecular formula is C18H35N3O2. The maximum Gasteiger partial charge on any atom is 0.317 e. The Bertz CT molecular complexity index is 356. The Balaban J connectivity index is 1.75. The minimum absolute atomic E-state index is 0.0870. The van der Waals surface area contributed by atoms with Crippen molar-refractivity contribution < 1.29 is 9.53 Å². The standard InChI is InChI=1S/C18H35N3O2/c1-4-21(16-8-6-5-7-9-16)18(22)19-12-17-14-20(10-11-23-17)13-15(2)3/h15-17H,4-14H2,1-3H3,(H,19,22). The van der Waals surface area contributed by atoms with E-state index in [-0.39, 0.29) is 12.1 Å². The van der Waals surface area contributed by atoms with Crippen molar-refractivity contribution in [1.29, 1.82) is 0 Å². The van der Waals surface area contributed by atoms with E-state index in [1.165, 1.54) is 19.3 Å². The van der Waals surface area contributed by atoms with E-state index in [1.807, 2.05) is 4.90 Å². The number of nitrogens with one attached hydrogen (secondary N) is 1. The summed E-state index contributed by atoms with van der Waals surface area (Å²) in [5.41, 5.74) is 0. The Morgan fingerprint density at radius 1 is 1.30 bits per heavy atom. The molecule has 0 aromatic carbocycles. The molecule has 0 aromatic heterocycles. The molecule has 2 rings (SSSR count). The highest BCUT2D eigenvalue weighted by atomic mass is 16.5. The first-order valence-corrected chi connectivity index (χ1v) is 9.48. The lowest BCUT2D eigenvalue weighted by Crippen LogP contribution is -2.52. The van der Waals surface area contributed by atoms with E-state index in [1.54, 1.807) is 0 Å². The van der Waals surface area contributed by atoms with Gasteiger partial charge in [0.2, 0.25) is 0 Å². The van der Waals surface area contributed by atoms with Crippen molar-refractivity contribution in [3.05, 3.63) is 0 Å². The van der Waals surface area contributed by atoms with Gasteiger partial charge in [0.05, 0.1) is 12.7 Å². The molecule has 134 valence electrons. The third-order valence-electron chi connectivity index (χ3n) is 4.94. The smallest absolute Gasteiger partial charge is 0.317 e. The summed E-state index contributed by atoms with van der Waals surface area (Å²) in [5, 5.41) is 3.11. The van der Waals surface area contributed by atoms with Gasteiger partial charge in [-0.3, -0.25) is 4.90 Å². The Morgan fingerprint density at radius 3 is 2.70 bits per heavy atom. The summed E-state index contributed by atoms with van der Waals surface area (Å²) in [5.74, 6) is 0.672. The number of urea groups is 1. The van der Waals surface area contributed by atoms with Crippen LogP contribution in [0.3, 0.4) is 0 Å². The van der Waals surface area contributed by atoms with Crippen LogP contribution in [0, 0.1) is 5.92 Å². The molecule has 1 unspecified atom stereocenters. The van der Waals surface area contributed by atoms with Gasteiger partial charge < -0.3 is 15.0 Å². The van der Waals surface area contributed by atoms with Gasteiger partial charge in [0.25, 0.3) is 0 Å². The second-order valence-electron chi connectivity index (χ2n) is 7.41. The molecule has 2 fully saturated rings.